The molecule has 0 aromatic rings. The second kappa shape index (κ2) is 11.5. The number of rotatable bonds is 9. The van der Waals surface area contributed by atoms with Crippen molar-refractivity contribution in [1.29, 1.82) is 0 Å². The van der Waals surface area contributed by atoms with E-state index >= 15 is 0 Å². The molecule has 1 saturated heterocycles. The summed E-state index contributed by atoms with van der Waals surface area (Å²) in [5, 5.41) is 10.00. The number of hydrogen-bond acceptors (Lipinski definition) is 6. The van der Waals surface area contributed by atoms with Gasteiger partial charge in [-0.05, 0) is 56.3 Å². The molecule has 2 heterocycles. The molecule has 1 amide bonds. The zero-order valence-corrected chi connectivity index (χ0v) is 22.4. The molecule has 4 atom stereocenters. The van der Waals surface area contributed by atoms with E-state index in [0.717, 1.165) is 19.3 Å². The number of ether oxygens (including phenoxy) is 2. The normalized spacial score (nSPS) is 24.4. The zero-order valence-electron chi connectivity index (χ0n) is 21.4. The first kappa shape index (κ1) is 28.1. The Morgan fingerprint density at radius 1 is 1.29 bits per heavy atom. The number of carbonyl (C=O) groups is 3. The van der Waals surface area contributed by atoms with Crippen molar-refractivity contribution in [2.24, 2.45) is 11.8 Å². The predicted molar refractivity (Wildman–Crippen MR) is 130 cm³/mol. The smallest absolute Gasteiger partial charge is 0.477 e. The monoisotopic (exact) mass is 494 g/mol. The first-order chi connectivity index (χ1) is 15.8. The minimum Gasteiger partial charge on any atom is -0.477 e. The van der Waals surface area contributed by atoms with Crippen LogP contribution >= 0.6 is 0 Å². The molecule has 2 aliphatic rings. The van der Waals surface area contributed by atoms with Gasteiger partial charge in [-0.2, -0.15) is 0 Å². The molecular weight excluding hydrogens is 454 g/mol. The molecule has 0 aromatic carbocycles. The fourth-order valence-corrected chi connectivity index (χ4v) is 5.25. The lowest BCUT2D eigenvalue weighted by Crippen LogP contribution is -2.64. The number of carboxylic acid groups (broad SMARTS) is 1. The summed E-state index contributed by atoms with van der Waals surface area (Å²) in [6.07, 6.45) is 6.77. The van der Waals surface area contributed by atoms with Crippen LogP contribution in [0.2, 0.25) is 18.1 Å². The van der Waals surface area contributed by atoms with Crippen LogP contribution in [0.25, 0.3) is 0 Å². The molecule has 9 heteroatoms. The number of β-lactam (4-membered cyclic amide) rings is 1. The van der Waals surface area contributed by atoms with Gasteiger partial charge in [0.05, 0.1) is 12.0 Å². The number of hydrogen-bond donors (Lipinski definition) is 1. The van der Waals surface area contributed by atoms with Crippen LogP contribution in [0, 0.1) is 17.9 Å². The van der Waals surface area contributed by atoms with E-state index < -0.39 is 32.5 Å². The van der Waals surface area contributed by atoms with Gasteiger partial charge in [-0.25, -0.2) is 9.59 Å². The van der Waals surface area contributed by atoms with Gasteiger partial charge in [0.15, 0.2) is 8.32 Å². The van der Waals surface area contributed by atoms with E-state index in [0.29, 0.717) is 19.4 Å². The summed E-state index contributed by atoms with van der Waals surface area (Å²) in [5.41, 5.74) is -0.105. The fraction of sp³-hybridized carbons (Fsp3) is 0.720. The fourth-order valence-electron chi connectivity index (χ4n) is 4.18. The van der Waals surface area contributed by atoms with Crippen LogP contribution < -0.4 is 0 Å². The SMILES string of the molecule is C=CCOC(=O)O[C@H](C)[C@H]1C(=O)N2C(C(=O)O)=[C]C(CCO[Si](C)(C)C(C)(C)C)CCCC[C@H]12. The third kappa shape index (κ3) is 6.72. The Labute approximate surface area is 204 Å². The Hall–Kier alpha value is -2.13. The second-order valence-corrected chi connectivity index (χ2v) is 15.5. The molecule has 0 saturated carbocycles. The maximum atomic E-state index is 13.0. The highest BCUT2D eigenvalue weighted by Gasteiger charge is 2.53. The average Bonchev–Trinajstić information content (AvgIpc) is 2.79. The van der Waals surface area contributed by atoms with Crippen LogP contribution in [-0.4, -0.2) is 61.7 Å². The highest BCUT2D eigenvalue weighted by atomic mass is 28.4. The molecule has 0 bridgehead atoms. The Morgan fingerprint density at radius 2 is 1.94 bits per heavy atom. The predicted octanol–water partition coefficient (Wildman–Crippen LogP) is 4.91. The van der Waals surface area contributed by atoms with Crippen molar-refractivity contribution in [2.45, 2.75) is 90.1 Å². The van der Waals surface area contributed by atoms with Crippen molar-refractivity contribution in [3.8, 4) is 0 Å². The molecule has 0 aliphatic carbocycles. The standard InChI is InChI=1S/C25H40NO7Si/c1-8-14-31-24(30)33-17(2)21-19-12-10-9-11-18(13-15-32-34(6,7)25(3,4)5)16-20(23(28)29)26(19)22(21)27/h8,17-19,21H,1,9-15H2,2-7H3,(H,28,29)/t17-,18?,19-,21-/m1/s1. The number of carbonyl (C=O) groups excluding carboxylic acids is 2. The summed E-state index contributed by atoms with van der Waals surface area (Å²) in [4.78, 5) is 38.3. The summed E-state index contributed by atoms with van der Waals surface area (Å²) in [7, 11) is -1.90. The van der Waals surface area contributed by atoms with Gasteiger partial charge in [0.1, 0.15) is 18.4 Å². The van der Waals surface area contributed by atoms with Gasteiger partial charge in [0.2, 0.25) is 5.91 Å². The van der Waals surface area contributed by atoms with Crippen molar-refractivity contribution < 1.29 is 33.4 Å². The molecular formula is C25H40NO7Si. The Balaban J connectivity index is 2.13. The highest BCUT2D eigenvalue weighted by Crippen LogP contribution is 2.40. The largest absolute Gasteiger partial charge is 0.508 e. The minimum atomic E-state index is -1.90. The summed E-state index contributed by atoms with van der Waals surface area (Å²) in [5.74, 6) is -2.25. The lowest BCUT2D eigenvalue weighted by Gasteiger charge is -2.48. The number of aliphatic carboxylic acids is 1. The Bertz CT molecular complexity index is 802. The number of fused-ring (bicyclic) bond motifs is 1. The molecule has 1 radical (unpaired) electrons. The zero-order chi connectivity index (χ0) is 25.7. The van der Waals surface area contributed by atoms with Crippen LogP contribution in [-0.2, 0) is 23.5 Å². The van der Waals surface area contributed by atoms with Gasteiger partial charge in [-0.15, -0.1) is 0 Å². The lowest BCUT2D eigenvalue weighted by molar-refractivity contribution is -0.165. The molecule has 1 fully saturated rings. The van der Waals surface area contributed by atoms with E-state index in [4.69, 9.17) is 13.9 Å². The molecule has 2 rings (SSSR count). The molecule has 191 valence electrons. The van der Waals surface area contributed by atoms with E-state index in [-0.39, 0.29) is 35.2 Å². The third-order valence-electron chi connectivity index (χ3n) is 7.20. The molecule has 0 spiro atoms. The van der Waals surface area contributed by atoms with Crippen LogP contribution in [0.15, 0.2) is 18.4 Å². The van der Waals surface area contributed by atoms with Crippen LogP contribution in [0.1, 0.15) is 59.8 Å². The van der Waals surface area contributed by atoms with Crippen molar-refractivity contribution in [3.05, 3.63) is 24.4 Å². The van der Waals surface area contributed by atoms with Gasteiger partial charge in [0.25, 0.3) is 0 Å². The molecule has 1 N–H and O–H groups in total. The lowest BCUT2D eigenvalue weighted by atomic mass is 9.80. The van der Waals surface area contributed by atoms with Crippen LogP contribution in [0.4, 0.5) is 4.79 Å². The number of amides is 1. The molecule has 1 unspecified atom stereocenters. The van der Waals surface area contributed by atoms with E-state index in [9.17, 15) is 19.5 Å². The van der Waals surface area contributed by atoms with Crippen molar-refractivity contribution in [1.82, 2.24) is 4.90 Å². The van der Waals surface area contributed by atoms with Crippen molar-refractivity contribution in [2.75, 3.05) is 13.2 Å². The average molecular weight is 495 g/mol. The third-order valence-corrected chi connectivity index (χ3v) is 11.7. The van der Waals surface area contributed by atoms with E-state index in [1.165, 1.54) is 11.0 Å². The van der Waals surface area contributed by atoms with Crippen LogP contribution in [0.3, 0.4) is 0 Å². The minimum absolute atomic E-state index is 0.0150. The molecule has 34 heavy (non-hydrogen) atoms. The van der Waals surface area contributed by atoms with Crippen molar-refractivity contribution in [3.63, 3.8) is 0 Å². The number of carboxylic acids is 1. The highest BCUT2D eigenvalue weighted by molar-refractivity contribution is 6.74. The topological polar surface area (TPSA) is 102 Å². The maximum absolute atomic E-state index is 13.0. The molecule has 2 aliphatic heterocycles. The van der Waals surface area contributed by atoms with Crippen molar-refractivity contribution >= 4 is 26.3 Å². The van der Waals surface area contributed by atoms with E-state index in [1.807, 2.05) is 0 Å². The first-order valence-electron chi connectivity index (χ1n) is 12.1. The second-order valence-electron chi connectivity index (χ2n) is 10.7. The Morgan fingerprint density at radius 3 is 2.53 bits per heavy atom. The van der Waals surface area contributed by atoms with E-state index in [2.05, 4.69) is 46.5 Å². The van der Waals surface area contributed by atoms with Crippen LogP contribution in [0.5, 0.6) is 0 Å². The first-order valence-corrected chi connectivity index (χ1v) is 15.0. The molecule has 8 nitrogen and oxygen atoms in total. The number of allylic oxidation sites excluding steroid dienone is 1. The van der Waals surface area contributed by atoms with Gasteiger partial charge in [-0.3, -0.25) is 4.79 Å². The van der Waals surface area contributed by atoms with Gasteiger partial charge in [0, 0.05) is 6.61 Å². The van der Waals surface area contributed by atoms with Gasteiger partial charge in [-0.1, -0.05) is 46.3 Å². The van der Waals surface area contributed by atoms with Gasteiger partial charge < -0.3 is 23.9 Å². The summed E-state index contributed by atoms with van der Waals surface area (Å²) in [6.45, 7) is 16.6. The summed E-state index contributed by atoms with van der Waals surface area (Å²) < 4.78 is 16.4. The molecule has 0 aromatic heterocycles. The maximum Gasteiger partial charge on any atom is 0.508 e. The Kier molecular flexibility index (Phi) is 9.53. The van der Waals surface area contributed by atoms with E-state index in [1.54, 1.807) is 6.92 Å². The quantitative estimate of drug-likeness (QED) is 0.210. The van der Waals surface area contributed by atoms with Gasteiger partial charge >= 0.3 is 12.1 Å². The summed E-state index contributed by atoms with van der Waals surface area (Å²) >= 11 is 0. The summed E-state index contributed by atoms with van der Waals surface area (Å²) in [6, 6.07) is -0.351. The number of nitrogens with zero attached hydrogens (tertiary/aromatic N) is 1.